The highest BCUT2D eigenvalue weighted by Crippen LogP contribution is 2.03. The molecule has 1 aromatic rings. The van der Waals surface area contributed by atoms with Gasteiger partial charge in [-0.25, -0.2) is 0 Å². The Labute approximate surface area is 103 Å². The molecule has 0 saturated heterocycles. The fourth-order valence-electron chi connectivity index (χ4n) is 1.54. The van der Waals surface area contributed by atoms with Crippen molar-refractivity contribution in [3.8, 4) is 11.8 Å². The van der Waals surface area contributed by atoms with Crippen LogP contribution in [0.3, 0.4) is 0 Å². The smallest absolute Gasteiger partial charge is 0.223 e. The third-order valence-electron chi connectivity index (χ3n) is 2.53. The summed E-state index contributed by atoms with van der Waals surface area (Å²) in [6.07, 6.45) is 1.96. The summed E-state index contributed by atoms with van der Waals surface area (Å²) in [6.45, 7) is 4.45. The van der Waals surface area contributed by atoms with Gasteiger partial charge in [-0.1, -0.05) is 50.3 Å². The summed E-state index contributed by atoms with van der Waals surface area (Å²) in [5.41, 5.74) is 0.975. The number of hydrogen-bond acceptors (Lipinski definition) is 1. The third kappa shape index (κ3) is 5.21. The molecule has 0 radical (unpaired) electrons. The Morgan fingerprint density at radius 3 is 2.71 bits per heavy atom. The van der Waals surface area contributed by atoms with Crippen LogP contribution < -0.4 is 5.32 Å². The lowest BCUT2D eigenvalue weighted by molar-refractivity contribution is -0.124. The second-order valence-electron chi connectivity index (χ2n) is 4.08. The van der Waals surface area contributed by atoms with Crippen molar-refractivity contribution in [1.29, 1.82) is 0 Å². The van der Waals surface area contributed by atoms with Gasteiger partial charge in [0.15, 0.2) is 0 Å². The van der Waals surface area contributed by atoms with Crippen LogP contribution in [0.1, 0.15) is 32.3 Å². The molecule has 90 valence electrons. The Kier molecular flexibility index (Phi) is 5.88. The molecule has 0 saturated carbocycles. The van der Waals surface area contributed by atoms with Crippen LogP contribution in [-0.4, -0.2) is 12.5 Å². The van der Waals surface area contributed by atoms with Gasteiger partial charge in [0.25, 0.3) is 0 Å². The Bertz CT molecular complexity index is 400. The molecule has 2 nitrogen and oxygen atoms in total. The van der Waals surface area contributed by atoms with Crippen molar-refractivity contribution in [1.82, 2.24) is 5.32 Å². The minimum absolute atomic E-state index is 0.0820. The van der Waals surface area contributed by atoms with Gasteiger partial charge in [0.2, 0.25) is 5.91 Å². The first-order chi connectivity index (χ1) is 8.24. The molecule has 0 heterocycles. The molecule has 17 heavy (non-hydrogen) atoms. The standard InChI is InChI=1S/C15H19NO/c1-3-8-13(2)15(17)16-12-7-11-14-9-5-4-6-10-14/h4-6,9-10,13H,3,8,12H2,1-2H3,(H,16,17). The van der Waals surface area contributed by atoms with Gasteiger partial charge in [-0.3, -0.25) is 4.79 Å². The fraction of sp³-hybridized carbons (Fsp3) is 0.400. The highest BCUT2D eigenvalue weighted by molar-refractivity contribution is 5.78. The van der Waals surface area contributed by atoms with E-state index in [-0.39, 0.29) is 11.8 Å². The number of amides is 1. The molecule has 0 bridgehead atoms. The Hall–Kier alpha value is -1.75. The zero-order valence-corrected chi connectivity index (χ0v) is 10.5. The van der Waals surface area contributed by atoms with Crippen LogP contribution in [0.15, 0.2) is 30.3 Å². The zero-order valence-electron chi connectivity index (χ0n) is 10.5. The zero-order chi connectivity index (χ0) is 12.5. The van der Waals surface area contributed by atoms with Crippen LogP contribution in [0.25, 0.3) is 0 Å². The first-order valence-electron chi connectivity index (χ1n) is 6.05. The average molecular weight is 229 g/mol. The van der Waals surface area contributed by atoms with Crippen molar-refractivity contribution >= 4 is 5.91 Å². The lowest BCUT2D eigenvalue weighted by Gasteiger charge is -2.08. The van der Waals surface area contributed by atoms with Gasteiger partial charge in [-0.05, 0) is 18.6 Å². The van der Waals surface area contributed by atoms with E-state index in [2.05, 4.69) is 24.1 Å². The second kappa shape index (κ2) is 7.51. The normalized spacial score (nSPS) is 11.2. The minimum Gasteiger partial charge on any atom is -0.345 e. The van der Waals surface area contributed by atoms with Crippen molar-refractivity contribution in [2.45, 2.75) is 26.7 Å². The molecule has 1 atom stereocenters. The van der Waals surface area contributed by atoms with Crippen LogP contribution in [0.2, 0.25) is 0 Å². The maximum absolute atomic E-state index is 11.6. The molecule has 1 aromatic carbocycles. The molecule has 1 N–H and O–H groups in total. The number of nitrogens with one attached hydrogen (secondary N) is 1. The van der Waals surface area contributed by atoms with Crippen molar-refractivity contribution < 1.29 is 4.79 Å². The second-order valence-corrected chi connectivity index (χ2v) is 4.08. The Morgan fingerprint density at radius 2 is 2.06 bits per heavy atom. The van der Waals surface area contributed by atoms with Gasteiger partial charge in [0.1, 0.15) is 0 Å². The monoisotopic (exact) mass is 229 g/mol. The highest BCUT2D eigenvalue weighted by Gasteiger charge is 2.09. The Balaban J connectivity index is 2.33. The maximum Gasteiger partial charge on any atom is 0.223 e. The van der Waals surface area contributed by atoms with Gasteiger partial charge in [0.05, 0.1) is 6.54 Å². The van der Waals surface area contributed by atoms with E-state index in [1.807, 2.05) is 37.3 Å². The SMILES string of the molecule is CCCC(C)C(=O)NCC#Cc1ccccc1. The van der Waals surface area contributed by atoms with Crippen LogP contribution in [0.4, 0.5) is 0 Å². The van der Waals surface area contributed by atoms with E-state index in [1.54, 1.807) is 0 Å². The lowest BCUT2D eigenvalue weighted by atomic mass is 10.1. The molecular formula is C15H19NO. The van der Waals surface area contributed by atoms with Gasteiger partial charge in [-0.2, -0.15) is 0 Å². The molecule has 1 unspecified atom stereocenters. The van der Waals surface area contributed by atoms with Crippen LogP contribution in [0.5, 0.6) is 0 Å². The van der Waals surface area contributed by atoms with Gasteiger partial charge >= 0.3 is 0 Å². The molecule has 2 heteroatoms. The lowest BCUT2D eigenvalue weighted by Crippen LogP contribution is -2.29. The first kappa shape index (κ1) is 13.3. The van der Waals surface area contributed by atoms with Crippen molar-refractivity contribution in [2.24, 2.45) is 5.92 Å². The summed E-state index contributed by atoms with van der Waals surface area (Å²) >= 11 is 0. The molecule has 0 fully saturated rings. The topological polar surface area (TPSA) is 29.1 Å². The van der Waals surface area contributed by atoms with Crippen LogP contribution >= 0.6 is 0 Å². The van der Waals surface area contributed by atoms with Crippen LogP contribution in [-0.2, 0) is 4.79 Å². The molecule has 1 amide bonds. The molecule has 0 aliphatic carbocycles. The summed E-state index contributed by atoms with van der Waals surface area (Å²) in [7, 11) is 0. The number of carbonyl (C=O) groups is 1. The minimum atomic E-state index is 0.0820. The van der Waals surface area contributed by atoms with E-state index in [0.29, 0.717) is 6.54 Å². The van der Waals surface area contributed by atoms with Crippen LogP contribution in [0, 0.1) is 17.8 Å². The highest BCUT2D eigenvalue weighted by atomic mass is 16.1. The van der Waals surface area contributed by atoms with Gasteiger partial charge in [-0.15, -0.1) is 0 Å². The molecular weight excluding hydrogens is 210 g/mol. The van der Waals surface area contributed by atoms with E-state index < -0.39 is 0 Å². The van der Waals surface area contributed by atoms with E-state index in [4.69, 9.17) is 0 Å². The summed E-state index contributed by atoms with van der Waals surface area (Å²) in [5.74, 6) is 6.13. The van der Waals surface area contributed by atoms with Crippen molar-refractivity contribution in [3.05, 3.63) is 35.9 Å². The van der Waals surface area contributed by atoms with Gasteiger partial charge in [0, 0.05) is 11.5 Å². The predicted octanol–water partition coefficient (Wildman–Crippen LogP) is 2.59. The van der Waals surface area contributed by atoms with Gasteiger partial charge < -0.3 is 5.32 Å². The van der Waals surface area contributed by atoms with Crippen molar-refractivity contribution in [2.75, 3.05) is 6.54 Å². The number of carbonyl (C=O) groups excluding carboxylic acids is 1. The molecule has 0 spiro atoms. The number of benzene rings is 1. The summed E-state index contributed by atoms with van der Waals surface area (Å²) in [6, 6.07) is 9.76. The average Bonchev–Trinajstić information content (AvgIpc) is 2.36. The quantitative estimate of drug-likeness (QED) is 0.790. The largest absolute Gasteiger partial charge is 0.345 e. The fourth-order valence-corrected chi connectivity index (χ4v) is 1.54. The summed E-state index contributed by atoms with van der Waals surface area (Å²) < 4.78 is 0. The van der Waals surface area contributed by atoms with E-state index in [0.717, 1.165) is 18.4 Å². The first-order valence-corrected chi connectivity index (χ1v) is 6.05. The molecule has 0 aliphatic rings. The number of rotatable bonds is 4. The Morgan fingerprint density at radius 1 is 1.35 bits per heavy atom. The van der Waals surface area contributed by atoms with E-state index >= 15 is 0 Å². The molecule has 1 rings (SSSR count). The number of hydrogen-bond donors (Lipinski definition) is 1. The van der Waals surface area contributed by atoms with Crippen molar-refractivity contribution in [3.63, 3.8) is 0 Å². The predicted molar refractivity (Wildman–Crippen MR) is 70.4 cm³/mol. The third-order valence-corrected chi connectivity index (χ3v) is 2.53. The molecule has 0 aliphatic heterocycles. The van der Waals surface area contributed by atoms with E-state index in [1.165, 1.54) is 0 Å². The summed E-state index contributed by atoms with van der Waals surface area (Å²) in [5, 5.41) is 2.82. The van der Waals surface area contributed by atoms with E-state index in [9.17, 15) is 4.79 Å². The summed E-state index contributed by atoms with van der Waals surface area (Å²) in [4.78, 5) is 11.6. The maximum atomic E-state index is 11.6. The molecule has 0 aromatic heterocycles.